The highest BCUT2D eigenvalue weighted by atomic mass is 35.5. The van der Waals surface area contributed by atoms with Gasteiger partial charge in [0.25, 0.3) is 0 Å². The fourth-order valence-electron chi connectivity index (χ4n) is 5.06. The van der Waals surface area contributed by atoms with E-state index >= 15 is 0 Å². The molecular formula is C29H26ClNO6. The van der Waals surface area contributed by atoms with Crippen LogP contribution in [0.5, 0.6) is 23.0 Å². The molecule has 37 heavy (non-hydrogen) atoms. The monoisotopic (exact) mass is 519 g/mol. The molecule has 3 aromatic rings. The molecule has 3 aliphatic rings. The van der Waals surface area contributed by atoms with E-state index in [0.717, 1.165) is 46.7 Å². The molecule has 0 atom stereocenters. The number of nitrogens with zero attached hydrogens (tertiary/aromatic N) is 1. The topological polar surface area (TPSA) is 66.5 Å². The number of carbonyl (C=O) groups is 1. The zero-order valence-corrected chi connectivity index (χ0v) is 21.4. The largest absolute Gasteiger partial charge is 0.496 e. The van der Waals surface area contributed by atoms with Gasteiger partial charge in [-0.25, -0.2) is 0 Å². The summed E-state index contributed by atoms with van der Waals surface area (Å²) >= 11 is 6.33. The van der Waals surface area contributed by atoms with E-state index < -0.39 is 0 Å². The maximum Gasteiger partial charge on any atom is 0.232 e. The standard InChI is InChI=1S/C29H26ClNO6/c1-17-9-24-22(13-31(15-35-24)8-7-18-5-3-4-6-23(18)33-2)29-26(17)27(32)25(37-29)12-19-10-21(30)11-20-14-34-16-36-28(19)20/h3-6,9-12H,7-8,13-16H2,1-2H3/b25-12-. The molecule has 3 aliphatic heterocycles. The van der Waals surface area contributed by atoms with Crippen LogP contribution in [0.4, 0.5) is 0 Å². The van der Waals surface area contributed by atoms with Gasteiger partial charge in [0.2, 0.25) is 5.78 Å². The number of methoxy groups -OCH3 is 1. The van der Waals surface area contributed by atoms with Crippen LogP contribution in [0.25, 0.3) is 6.08 Å². The highest BCUT2D eigenvalue weighted by molar-refractivity contribution is 6.31. The van der Waals surface area contributed by atoms with Gasteiger partial charge in [-0.05, 0) is 54.8 Å². The Morgan fingerprint density at radius 3 is 2.86 bits per heavy atom. The molecule has 0 saturated carbocycles. The van der Waals surface area contributed by atoms with Crippen LogP contribution in [0.1, 0.15) is 38.2 Å². The number of allylic oxidation sites excluding steroid dienone is 1. The van der Waals surface area contributed by atoms with Gasteiger partial charge in [-0.2, -0.15) is 0 Å². The molecular weight excluding hydrogens is 494 g/mol. The van der Waals surface area contributed by atoms with Gasteiger partial charge >= 0.3 is 0 Å². The molecule has 0 aromatic heterocycles. The van der Waals surface area contributed by atoms with Crippen molar-refractivity contribution in [2.24, 2.45) is 0 Å². The third kappa shape index (κ3) is 4.44. The summed E-state index contributed by atoms with van der Waals surface area (Å²) in [7, 11) is 1.68. The summed E-state index contributed by atoms with van der Waals surface area (Å²) in [5.74, 6) is 2.91. The van der Waals surface area contributed by atoms with E-state index in [4.69, 9.17) is 35.3 Å². The quantitative estimate of drug-likeness (QED) is 0.410. The van der Waals surface area contributed by atoms with Crippen LogP contribution in [0.15, 0.2) is 48.2 Å². The van der Waals surface area contributed by atoms with Crippen molar-refractivity contribution in [1.82, 2.24) is 4.90 Å². The summed E-state index contributed by atoms with van der Waals surface area (Å²) in [6.45, 7) is 4.30. The molecule has 190 valence electrons. The number of hydrogen-bond donors (Lipinski definition) is 0. The number of benzene rings is 3. The third-order valence-corrected chi connectivity index (χ3v) is 7.09. The molecule has 0 aliphatic carbocycles. The lowest BCUT2D eigenvalue weighted by molar-refractivity contribution is -0.0165. The fourth-order valence-corrected chi connectivity index (χ4v) is 5.31. The van der Waals surface area contributed by atoms with Crippen LogP contribution in [0.3, 0.4) is 0 Å². The number of halogens is 1. The van der Waals surface area contributed by atoms with Crippen LogP contribution in [0.2, 0.25) is 5.02 Å². The number of rotatable bonds is 5. The predicted octanol–water partition coefficient (Wildman–Crippen LogP) is 5.53. The van der Waals surface area contributed by atoms with Crippen molar-refractivity contribution in [3.63, 3.8) is 0 Å². The van der Waals surface area contributed by atoms with Crippen LogP contribution in [0, 0.1) is 6.92 Å². The second-order valence-electron chi connectivity index (χ2n) is 9.30. The van der Waals surface area contributed by atoms with Gasteiger partial charge in [0.05, 0.1) is 24.8 Å². The van der Waals surface area contributed by atoms with E-state index in [0.29, 0.717) is 47.5 Å². The summed E-state index contributed by atoms with van der Waals surface area (Å²) in [5, 5.41) is 0.537. The summed E-state index contributed by atoms with van der Waals surface area (Å²) in [5.41, 5.74) is 4.92. The number of ketones is 1. The number of carbonyl (C=O) groups excluding carboxylic acids is 1. The Morgan fingerprint density at radius 1 is 1.14 bits per heavy atom. The molecule has 3 aromatic carbocycles. The number of aryl methyl sites for hydroxylation is 1. The minimum absolute atomic E-state index is 0.147. The minimum Gasteiger partial charge on any atom is -0.496 e. The van der Waals surface area contributed by atoms with E-state index in [-0.39, 0.29) is 18.3 Å². The first-order valence-electron chi connectivity index (χ1n) is 12.1. The van der Waals surface area contributed by atoms with E-state index in [1.165, 1.54) is 0 Å². The first-order chi connectivity index (χ1) is 18.0. The summed E-state index contributed by atoms with van der Waals surface area (Å²) < 4.78 is 28.9. The van der Waals surface area contributed by atoms with Gasteiger partial charge in [0, 0.05) is 29.2 Å². The number of Topliss-reactive ketones (excluding diaryl/α,β-unsaturated/α-hetero) is 1. The zero-order chi connectivity index (χ0) is 25.5. The maximum atomic E-state index is 13.5. The average molecular weight is 520 g/mol. The molecule has 8 heteroatoms. The molecule has 0 saturated heterocycles. The number of hydrogen-bond acceptors (Lipinski definition) is 7. The Kier molecular flexibility index (Phi) is 6.28. The summed E-state index contributed by atoms with van der Waals surface area (Å²) in [6, 6.07) is 13.5. The lowest BCUT2D eigenvalue weighted by atomic mass is 9.98. The second kappa shape index (κ2) is 9.74. The predicted molar refractivity (Wildman–Crippen MR) is 138 cm³/mol. The van der Waals surface area contributed by atoms with Gasteiger partial charge < -0.3 is 23.7 Å². The second-order valence-corrected chi connectivity index (χ2v) is 9.73. The molecule has 7 nitrogen and oxygen atoms in total. The molecule has 0 N–H and O–H groups in total. The van der Waals surface area contributed by atoms with E-state index in [2.05, 4.69) is 11.0 Å². The van der Waals surface area contributed by atoms with Crippen LogP contribution >= 0.6 is 11.6 Å². The van der Waals surface area contributed by atoms with Gasteiger partial charge in [-0.1, -0.05) is 29.8 Å². The van der Waals surface area contributed by atoms with E-state index in [1.54, 1.807) is 19.3 Å². The molecule has 0 spiro atoms. The Morgan fingerprint density at radius 2 is 2.00 bits per heavy atom. The van der Waals surface area contributed by atoms with Crippen molar-refractivity contribution in [2.75, 3.05) is 27.2 Å². The number of para-hydroxylation sites is 1. The minimum atomic E-state index is -0.165. The Balaban J connectivity index is 1.28. The van der Waals surface area contributed by atoms with Gasteiger partial charge in [0.15, 0.2) is 12.6 Å². The maximum absolute atomic E-state index is 13.5. The lowest BCUT2D eigenvalue weighted by Crippen LogP contribution is -2.34. The highest BCUT2D eigenvalue weighted by Crippen LogP contribution is 2.44. The normalized spacial score (nSPS) is 17.4. The Labute approximate surface area is 220 Å². The van der Waals surface area contributed by atoms with Crippen molar-refractivity contribution < 1.29 is 28.5 Å². The average Bonchev–Trinajstić information content (AvgIpc) is 3.24. The van der Waals surface area contributed by atoms with Crippen LogP contribution in [-0.4, -0.2) is 37.9 Å². The zero-order valence-electron chi connectivity index (χ0n) is 20.6. The van der Waals surface area contributed by atoms with Crippen LogP contribution in [-0.2, 0) is 24.3 Å². The van der Waals surface area contributed by atoms with Crippen molar-refractivity contribution in [2.45, 2.75) is 26.5 Å². The molecule has 0 bridgehead atoms. The van der Waals surface area contributed by atoms with Crippen molar-refractivity contribution in [3.8, 4) is 23.0 Å². The first kappa shape index (κ1) is 23.9. The number of fused-ring (bicyclic) bond motifs is 4. The Bertz CT molecular complexity index is 1430. The smallest absolute Gasteiger partial charge is 0.232 e. The van der Waals surface area contributed by atoms with Gasteiger partial charge in [-0.15, -0.1) is 0 Å². The summed E-state index contributed by atoms with van der Waals surface area (Å²) in [4.78, 5) is 15.7. The SMILES string of the molecule is COc1ccccc1CCN1COc2cc(C)c3c(c2C1)O/C(=C\c1cc(Cl)cc2c1OCOC2)C3=O. The molecule has 6 rings (SSSR count). The molecule has 3 heterocycles. The molecule has 0 unspecified atom stereocenters. The van der Waals surface area contributed by atoms with Crippen molar-refractivity contribution in [1.29, 1.82) is 0 Å². The van der Waals surface area contributed by atoms with Crippen molar-refractivity contribution >= 4 is 23.5 Å². The van der Waals surface area contributed by atoms with Crippen molar-refractivity contribution in [3.05, 3.63) is 86.6 Å². The van der Waals surface area contributed by atoms with Gasteiger partial charge in [0.1, 0.15) is 29.7 Å². The molecule has 0 amide bonds. The first-order valence-corrected chi connectivity index (χ1v) is 12.5. The fraction of sp³-hybridized carbons (Fsp3) is 0.276. The highest BCUT2D eigenvalue weighted by Gasteiger charge is 2.36. The Hall–Kier alpha value is -3.52. The molecule has 0 fully saturated rings. The van der Waals surface area contributed by atoms with E-state index in [1.807, 2.05) is 37.3 Å². The summed E-state index contributed by atoms with van der Waals surface area (Å²) in [6.07, 6.45) is 2.51. The third-order valence-electron chi connectivity index (χ3n) is 6.87. The van der Waals surface area contributed by atoms with Gasteiger partial charge in [-0.3, -0.25) is 9.69 Å². The van der Waals surface area contributed by atoms with E-state index in [9.17, 15) is 4.79 Å². The number of ether oxygens (including phenoxy) is 5. The van der Waals surface area contributed by atoms with Crippen LogP contribution < -0.4 is 18.9 Å². The molecule has 0 radical (unpaired) electrons. The lowest BCUT2D eigenvalue weighted by Gasteiger charge is -2.30.